The largest absolute Gasteiger partial charge is 0.490 e. The molecule has 3 aromatic rings. The van der Waals surface area contributed by atoms with E-state index in [9.17, 15) is 0 Å². The fraction of sp³-hybridized carbons (Fsp3) is 0.379. The van der Waals surface area contributed by atoms with Gasteiger partial charge in [0.05, 0.1) is 0 Å². The SMILES string of the molecule is CN1CCN(CCCc2ccc(OCCOc3ccc(OCc4ccccc4)cc3)cc2)CC1. The van der Waals surface area contributed by atoms with E-state index in [4.69, 9.17) is 14.2 Å². The van der Waals surface area contributed by atoms with E-state index < -0.39 is 0 Å². The average molecular weight is 461 g/mol. The van der Waals surface area contributed by atoms with Crippen molar-refractivity contribution in [1.82, 2.24) is 9.80 Å². The summed E-state index contributed by atoms with van der Waals surface area (Å²) in [6.07, 6.45) is 2.31. The van der Waals surface area contributed by atoms with Crippen LogP contribution in [0.15, 0.2) is 78.9 Å². The van der Waals surface area contributed by atoms with Crippen molar-refractivity contribution in [3.63, 3.8) is 0 Å². The van der Waals surface area contributed by atoms with E-state index in [1.807, 2.05) is 42.5 Å². The average Bonchev–Trinajstić information content (AvgIpc) is 2.89. The molecule has 5 heteroatoms. The number of nitrogens with zero attached hydrogens (tertiary/aromatic N) is 2. The van der Waals surface area contributed by atoms with Gasteiger partial charge in [-0.1, -0.05) is 42.5 Å². The fourth-order valence-electron chi connectivity index (χ4n) is 4.02. The summed E-state index contributed by atoms with van der Waals surface area (Å²) >= 11 is 0. The number of benzene rings is 3. The topological polar surface area (TPSA) is 34.2 Å². The van der Waals surface area contributed by atoms with E-state index >= 15 is 0 Å². The van der Waals surface area contributed by atoms with Gasteiger partial charge in [-0.3, -0.25) is 0 Å². The van der Waals surface area contributed by atoms with Gasteiger partial charge >= 0.3 is 0 Å². The molecule has 0 amide bonds. The van der Waals surface area contributed by atoms with Crippen molar-refractivity contribution in [1.29, 1.82) is 0 Å². The van der Waals surface area contributed by atoms with Crippen LogP contribution in [0.3, 0.4) is 0 Å². The fourth-order valence-corrected chi connectivity index (χ4v) is 4.02. The quantitative estimate of drug-likeness (QED) is 0.359. The Kier molecular flexibility index (Phi) is 9.23. The summed E-state index contributed by atoms with van der Waals surface area (Å²) < 4.78 is 17.5. The van der Waals surface area contributed by atoms with Gasteiger partial charge in [-0.2, -0.15) is 0 Å². The zero-order valence-corrected chi connectivity index (χ0v) is 20.2. The van der Waals surface area contributed by atoms with Gasteiger partial charge < -0.3 is 24.0 Å². The first-order chi connectivity index (χ1) is 16.7. The van der Waals surface area contributed by atoms with Crippen molar-refractivity contribution in [2.45, 2.75) is 19.4 Å². The minimum absolute atomic E-state index is 0.497. The second-order valence-corrected chi connectivity index (χ2v) is 8.84. The standard InChI is InChI=1S/C29H36N2O3/c1-30-18-20-31(21-19-30)17-5-8-25-9-11-27(12-10-25)32-22-23-33-28-13-15-29(16-14-28)34-24-26-6-3-2-4-7-26/h2-4,6-7,9-16H,5,8,17-24H2,1H3. The molecule has 1 heterocycles. The van der Waals surface area contributed by atoms with Crippen LogP contribution >= 0.6 is 0 Å². The van der Waals surface area contributed by atoms with Gasteiger partial charge in [-0.15, -0.1) is 0 Å². The molecule has 0 aliphatic carbocycles. The van der Waals surface area contributed by atoms with E-state index in [0.717, 1.165) is 29.2 Å². The van der Waals surface area contributed by atoms with Gasteiger partial charge in [0, 0.05) is 26.2 Å². The maximum absolute atomic E-state index is 5.84. The third-order valence-corrected chi connectivity index (χ3v) is 6.15. The molecule has 0 atom stereocenters. The van der Waals surface area contributed by atoms with Crippen LogP contribution in [0, 0.1) is 0 Å². The highest BCUT2D eigenvalue weighted by Gasteiger charge is 2.12. The Bertz CT molecular complexity index is 953. The molecule has 3 aromatic carbocycles. The molecule has 4 rings (SSSR count). The Balaban J connectivity index is 1.09. The minimum Gasteiger partial charge on any atom is -0.490 e. The monoisotopic (exact) mass is 460 g/mol. The van der Waals surface area contributed by atoms with Crippen molar-refractivity contribution in [3.8, 4) is 17.2 Å². The van der Waals surface area contributed by atoms with Gasteiger partial charge in [-0.25, -0.2) is 0 Å². The number of hydrogen-bond acceptors (Lipinski definition) is 5. The molecule has 0 spiro atoms. The van der Waals surface area contributed by atoms with Gasteiger partial charge in [0.1, 0.15) is 37.1 Å². The Hall–Kier alpha value is -3.02. The van der Waals surface area contributed by atoms with Crippen LogP contribution < -0.4 is 14.2 Å². The molecule has 0 saturated carbocycles. The summed E-state index contributed by atoms with van der Waals surface area (Å²) in [5.74, 6) is 2.53. The third kappa shape index (κ3) is 8.08. The molecule has 1 aliphatic heterocycles. The highest BCUT2D eigenvalue weighted by molar-refractivity contribution is 5.31. The lowest BCUT2D eigenvalue weighted by atomic mass is 10.1. The predicted octanol–water partition coefficient (Wildman–Crippen LogP) is 4.90. The van der Waals surface area contributed by atoms with Crippen molar-refractivity contribution < 1.29 is 14.2 Å². The van der Waals surface area contributed by atoms with Crippen LogP contribution in [0.4, 0.5) is 0 Å². The summed E-state index contributed by atoms with van der Waals surface area (Å²) in [6.45, 7) is 7.50. The number of rotatable bonds is 12. The van der Waals surface area contributed by atoms with Crippen LogP contribution in [0.25, 0.3) is 0 Å². The van der Waals surface area contributed by atoms with E-state index in [-0.39, 0.29) is 0 Å². The number of likely N-dealkylation sites (N-methyl/N-ethyl adjacent to an activating group) is 1. The van der Waals surface area contributed by atoms with E-state index in [1.54, 1.807) is 0 Å². The molecule has 0 unspecified atom stereocenters. The zero-order valence-electron chi connectivity index (χ0n) is 20.2. The molecule has 0 N–H and O–H groups in total. The Morgan fingerprint density at radius 1 is 0.618 bits per heavy atom. The molecular formula is C29H36N2O3. The van der Waals surface area contributed by atoms with Crippen LogP contribution in [0.2, 0.25) is 0 Å². The lowest BCUT2D eigenvalue weighted by molar-refractivity contribution is 0.153. The summed E-state index contributed by atoms with van der Waals surface area (Å²) in [5.41, 5.74) is 2.52. The number of piperazine rings is 1. The third-order valence-electron chi connectivity index (χ3n) is 6.15. The summed E-state index contributed by atoms with van der Waals surface area (Å²) in [5, 5.41) is 0. The zero-order chi connectivity index (χ0) is 23.4. The van der Waals surface area contributed by atoms with Gasteiger partial charge in [0.25, 0.3) is 0 Å². The Labute approximate surface area is 203 Å². The molecule has 5 nitrogen and oxygen atoms in total. The Morgan fingerprint density at radius 3 is 1.79 bits per heavy atom. The first-order valence-corrected chi connectivity index (χ1v) is 12.3. The molecule has 0 bridgehead atoms. The summed E-state index contributed by atoms with van der Waals surface area (Å²) in [7, 11) is 2.20. The number of hydrogen-bond donors (Lipinski definition) is 0. The van der Waals surface area contributed by atoms with Crippen LogP contribution in [0.1, 0.15) is 17.5 Å². The molecule has 1 aliphatic rings. The lowest BCUT2D eigenvalue weighted by Crippen LogP contribution is -2.44. The van der Waals surface area contributed by atoms with Crippen molar-refractivity contribution in [2.75, 3.05) is 53.0 Å². The summed E-state index contributed by atoms with van der Waals surface area (Å²) in [4.78, 5) is 4.97. The molecule has 1 fully saturated rings. The van der Waals surface area contributed by atoms with Crippen molar-refractivity contribution in [2.24, 2.45) is 0 Å². The lowest BCUT2D eigenvalue weighted by Gasteiger charge is -2.32. The highest BCUT2D eigenvalue weighted by atomic mass is 16.5. The van der Waals surface area contributed by atoms with E-state index in [0.29, 0.717) is 19.8 Å². The molecule has 1 saturated heterocycles. The molecule has 0 aromatic heterocycles. The van der Waals surface area contributed by atoms with E-state index in [2.05, 4.69) is 53.2 Å². The normalized spacial score (nSPS) is 14.6. The van der Waals surface area contributed by atoms with E-state index in [1.165, 1.54) is 44.7 Å². The smallest absolute Gasteiger partial charge is 0.122 e. The van der Waals surface area contributed by atoms with Gasteiger partial charge in [0.15, 0.2) is 0 Å². The predicted molar refractivity (Wildman–Crippen MR) is 137 cm³/mol. The molecule has 180 valence electrons. The first kappa shape index (κ1) is 24.1. The van der Waals surface area contributed by atoms with Crippen LogP contribution in [-0.2, 0) is 13.0 Å². The molecule has 0 radical (unpaired) electrons. The van der Waals surface area contributed by atoms with Crippen LogP contribution in [-0.4, -0.2) is 62.8 Å². The maximum atomic E-state index is 5.84. The highest BCUT2D eigenvalue weighted by Crippen LogP contribution is 2.19. The molecule has 34 heavy (non-hydrogen) atoms. The number of aryl methyl sites for hydroxylation is 1. The number of ether oxygens (including phenoxy) is 3. The molecular weight excluding hydrogens is 424 g/mol. The second kappa shape index (κ2) is 13.0. The minimum atomic E-state index is 0.497. The van der Waals surface area contributed by atoms with Gasteiger partial charge in [0.2, 0.25) is 0 Å². The summed E-state index contributed by atoms with van der Waals surface area (Å²) in [6, 6.07) is 26.3. The van der Waals surface area contributed by atoms with Crippen molar-refractivity contribution in [3.05, 3.63) is 90.0 Å². The second-order valence-electron chi connectivity index (χ2n) is 8.84. The Morgan fingerprint density at radius 2 is 1.18 bits per heavy atom. The van der Waals surface area contributed by atoms with Crippen molar-refractivity contribution >= 4 is 0 Å². The van der Waals surface area contributed by atoms with Gasteiger partial charge in [-0.05, 0) is 74.0 Å². The maximum Gasteiger partial charge on any atom is 0.122 e. The first-order valence-electron chi connectivity index (χ1n) is 12.3. The van der Waals surface area contributed by atoms with Crippen LogP contribution in [0.5, 0.6) is 17.2 Å².